The van der Waals surface area contributed by atoms with Crippen LogP contribution in [0.5, 0.6) is 6.01 Å². The van der Waals surface area contributed by atoms with Gasteiger partial charge in [0.1, 0.15) is 47.4 Å². The third-order valence-corrected chi connectivity index (χ3v) is 15.9. The Morgan fingerprint density at radius 2 is 1.65 bits per heavy atom. The number of aliphatic imine (C=N–C) groups is 1. The van der Waals surface area contributed by atoms with Crippen molar-refractivity contribution in [2.24, 2.45) is 22.1 Å². The molecule has 3 atom stereocenters. The zero-order valence-electron chi connectivity index (χ0n) is 45.4. The van der Waals surface area contributed by atoms with E-state index in [9.17, 15) is 36.3 Å². The maximum Gasteiger partial charge on any atom is 0.410 e. The molecule has 9 rings (SSSR count). The summed E-state index contributed by atoms with van der Waals surface area (Å²) in [7, 11) is 0. The fraction of sp³-hybridized carbons (Fsp3) is 0.431. The van der Waals surface area contributed by atoms with Crippen LogP contribution in [0, 0.1) is 28.8 Å². The quantitative estimate of drug-likeness (QED) is 0.0391. The summed E-state index contributed by atoms with van der Waals surface area (Å²) in [5.41, 5.74) is 6.38. The Labute approximate surface area is 470 Å². The highest BCUT2D eigenvalue weighted by Gasteiger charge is 2.47. The number of hydrogen-bond acceptors (Lipinski definition) is 13. The number of nitrogens with two attached hydrogens (primary N) is 1. The van der Waals surface area contributed by atoms with Gasteiger partial charge < -0.3 is 39.9 Å². The molecule has 4 saturated heterocycles. The van der Waals surface area contributed by atoms with E-state index in [1.807, 2.05) is 31.7 Å². The lowest BCUT2D eigenvalue weighted by Gasteiger charge is -2.54. The number of nitrogens with zero attached hydrogens (tertiary/aromatic N) is 9. The van der Waals surface area contributed by atoms with E-state index in [1.54, 1.807) is 34.1 Å². The van der Waals surface area contributed by atoms with E-state index in [0.717, 1.165) is 56.9 Å². The minimum absolute atomic E-state index is 0.0479. The summed E-state index contributed by atoms with van der Waals surface area (Å²) in [5.74, 6) is -2.64. The first-order chi connectivity index (χ1) is 38.6. The number of alkyl halides is 3. The number of ether oxygens (including phenoxy) is 1. The van der Waals surface area contributed by atoms with Crippen molar-refractivity contribution in [2.45, 2.75) is 77.6 Å². The molecule has 23 heteroatoms. The van der Waals surface area contributed by atoms with Crippen molar-refractivity contribution in [1.82, 2.24) is 35.1 Å². The average molecular weight is 1140 g/mol. The van der Waals surface area contributed by atoms with Crippen molar-refractivity contribution in [3.05, 3.63) is 130 Å². The van der Waals surface area contributed by atoms with Gasteiger partial charge in [-0.2, -0.15) is 23.1 Å². The number of fused-ring (bicyclic) bond motifs is 1. The van der Waals surface area contributed by atoms with Crippen LogP contribution >= 0.6 is 11.6 Å². The summed E-state index contributed by atoms with van der Waals surface area (Å²) in [4.78, 5) is 63.3. The molecule has 0 bridgehead atoms. The summed E-state index contributed by atoms with van der Waals surface area (Å²) in [6, 6.07) is 12.5. The molecule has 4 aliphatic rings. The second kappa shape index (κ2) is 24.3. The average Bonchev–Trinajstić information content (AvgIpc) is 4.30. The van der Waals surface area contributed by atoms with Crippen molar-refractivity contribution < 1.29 is 50.0 Å². The summed E-state index contributed by atoms with van der Waals surface area (Å²) >= 11 is 6.60. The summed E-state index contributed by atoms with van der Waals surface area (Å²) in [6.07, 6.45) is 1.73. The normalized spacial score (nSPS) is 18.9. The van der Waals surface area contributed by atoms with Crippen LogP contribution < -0.4 is 25.6 Å². The number of piperazine rings is 1. The van der Waals surface area contributed by atoms with Gasteiger partial charge in [0.2, 0.25) is 17.7 Å². The lowest BCUT2D eigenvalue weighted by Crippen LogP contribution is -2.60. The zero-order valence-corrected chi connectivity index (χ0v) is 46.2. The van der Waals surface area contributed by atoms with Gasteiger partial charge in [-0.25, -0.2) is 18.2 Å². The van der Waals surface area contributed by atoms with Gasteiger partial charge in [0.15, 0.2) is 17.4 Å². The predicted molar refractivity (Wildman–Crippen MR) is 296 cm³/mol. The Morgan fingerprint density at radius 1 is 0.963 bits per heavy atom. The number of carbonyl (C=O) groups is 3. The first-order valence-electron chi connectivity index (χ1n) is 27.0. The van der Waals surface area contributed by atoms with Crippen LogP contribution in [0.3, 0.4) is 0 Å². The molecule has 3 amide bonds. The Morgan fingerprint density at radius 3 is 2.31 bits per heavy atom. The Balaban J connectivity index is 0.797. The lowest BCUT2D eigenvalue weighted by molar-refractivity contribution is -0.141. The third-order valence-electron chi connectivity index (χ3n) is 15.6. The topological polar surface area (TPSA) is 179 Å². The Kier molecular flexibility index (Phi) is 17.5. The molecule has 6 heterocycles. The van der Waals surface area contributed by atoms with Gasteiger partial charge >= 0.3 is 12.2 Å². The molecule has 5 aromatic rings. The van der Waals surface area contributed by atoms with Gasteiger partial charge in [-0.15, -0.1) is 0 Å². The number of rotatable bonds is 17. The monoisotopic (exact) mass is 1140 g/mol. The Hall–Kier alpha value is -7.46. The SMILES string of the molecule is C=CC(=O)N1CCN(c2nc(OCCN3CCC4(CC3)CN(c3cc(C(C(=O)N5CCCC5C(=O)NC(C)c5ccc(-c6c(F)cccc6F)cc5)C(C)C)on3)C4)nc3c(F)c(/C=N/C(N)=C\C(C)=C\C(F)(F)F)c(Cl)cc23)CC1. The highest BCUT2D eigenvalue weighted by atomic mass is 35.5. The van der Waals surface area contributed by atoms with E-state index in [-0.39, 0.29) is 86.2 Å². The van der Waals surface area contributed by atoms with Crippen LogP contribution in [0.25, 0.3) is 22.0 Å². The molecule has 2 aromatic heterocycles. The van der Waals surface area contributed by atoms with Crippen molar-refractivity contribution in [2.75, 3.05) is 81.9 Å². The van der Waals surface area contributed by atoms with Crippen molar-refractivity contribution in [3.63, 3.8) is 0 Å². The zero-order chi connectivity index (χ0) is 57.9. The van der Waals surface area contributed by atoms with Crippen molar-refractivity contribution in [3.8, 4) is 17.1 Å². The molecular weight excluding hydrogens is 1080 g/mol. The van der Waals surface area contributed by atoms with Crippen LogP contribution in [-0.4, -0.2) is 138 Å². The Bertz CT molecular complexity index is 3230. The number of allylic oxidation sites excluding steroid dienone is 3. The number of piperidine rings is 1. The first-order valence-corrected chi connectivity index (χ1v) is 27.3. The highest BCUT2D eigenvalue weighted by molar-refractivity contribution is 6.34. The molecular formula is C58H64ClF6N11O5. The first kappa shape index (κ1) is 58.2. The molecule has 3 N–H and O–H groups in total. The standard InChI is InChI=1S/C58H64ClF6N11O5/c1-6-48(77)73-21-23-74(24-22-73)53-39-28-41(59)40(31-67-46(66)27-35(4)30-58(63,64)65)51(62)52(39)69-56(70-53)80-26-25-72-19-16-57(17-20-72)32-75(33-57)47-29-45(81-71-47)49(34(2)3)55(79)76-18-8-11-44(76)54(78)68-36(5)37-12-14-38(15-13-37)50-42(60)9-7-10-43(50)61/h6-7,9-10,12-15,27-31,34,36,44,49H,1,8,11,16-26,32-33,66H2,2-5H3,(H,68,78)/b35-30+,46-27-,67-31+. The number of benzene rings is 3. The number of carbonyl (C=O) groups excluding carboxylic acids is 3. The van der Waals surface area contributed by atoms with Gasteiger partial charge in [-0.3, -0.25) is 19.3 Å². The van der Waals surface area contributed by atoms with Crippen LogP contribution in [0.2, 0.25) is 5.02 Å². The van der Waals surface area contributed by atoms with Gasteiger partial charge in [0.25, 0.3) is 0 Å². The summed E-state index contributed by atoms with van der Waals surface area (Å²) in [6.45, 7) is 16.1. The number of likely N-dealkylation sites (tertiary alicyclic amines) is 2. The number of anilines is 2. The molecule has 4 aliphatic heterocycles. The molecule has 1 spiro atoms. The van der Waals surface area contributed by atoms with Gasteiger partial charge in [-0.05, 0) is 106 Å². The van der Waals surface area contributed by atoms with Crippen LogP contribution in [0.1, 0.15) is 82.2 Å². The van der Waals surface area contributed by atoms with Crippen LogP contribution in [-0.2, 0) is 14.4 Å². The maximum absolute atomic E-state index is 16.5. The van der Waals surface area contributed by atoms with E-state index in [1.165, 1.54) is 37.3 Å². The van der Waals surface area contributed by atoms with Crippen LogP contribution in [0.15, 0.2) is 100 Å². The smallest absolute Gasteiger partial charge is 0.410 e. The number of amides is 3. The largest absolute Gasteiger partial charge is 0.462 e. The molecule has 16 nitrogen and oxygen atoms in total. The van der Waals surface area contributed by atoms with E-state index >= 15 is 4.39 Å². The van der Waals surface area contributed by atoms with Crippen LogP contribution in [0.4, 0.5) is 38.0 Å². The fourth-order valence-electron chi connectivity index (χ4n) is 11.2. The maximum atomic E-state index is 16.5. The lowest BCUT2D eigenvalue weighted by atomic mass is 9.72. The molecule has 81 heavy (non-hydrogen) atoms. The molecule has 0 saturated carbocycles. The van der Waals surface area contributed by atoms with E-state index in [0.29, 0.717) is 75.1 Å². The molecule has 0 aliphatic carbocycles. The van der Waals surface area contributed by atoms with E-state index in [2.05, 4.69) is 36.8 Å². The minimum atomic E-state index is -4.57. The minimum Gasteiger partial charge on any atom is -0.462 e. The summed E-state index contributed by atoms with van der Waals surface area (Å²) < 4.78 is 96.0. The third kappa shape index (κ3) is 13.2. The predicted octanol–water partition coefficient (Wildman–Crippen LogP) is 9.51. The molecule has 0 radical (unpaired) electrons. The second-order valence-corrected chi connectivity index (χ2v) is 22.0. The number of halogens is 7. The van der Waals surface area contributed by atoms with Gasteiger partial charge in [0, 0.05) is 87.1 Å². The molecule has 3 aromatic carbocycles. The summed E-state index contributed by atoms with van der Waals surface area (Å²) in [5, 5.41) is 7.67. The van der Waals surface area contributed by atoms with Gasteiger partial charge in [0.05, 0.1) is 16.6 Å². The van der Waals surface area contributed by atoms with E-state index in [4.69, 9.17) is 31.6 Å². The number of hydrogen-bond donors (Lipinski definition) is 2. The van der Waals surface area contributed by atoms with Gasteiger partial charge in [-0.1, -0.05) is 67.5 Å². The number of nitrogens with one attached hydrogen (secondary N) is 1. The molecule has 3 unspecified atom stereocenters. The number of aromatic nitrogens is 3. The molecule has 4 fully saturated rings. The highest BCUT2D eigenvalue weighted by Crippen LogP contribution is 2.44. The van der Waals surface area contributed by atoms with Crippen molar-refractivity contribution in [1.29, 1.82) is 0 Å². The fourth-order valence-corrected chi connectivity index (χ4v) is 11.5. The van der Waals surface area contributed by atoms with Crippen molar-refractivity contribution >= 4 is 58.1 Å². The van der Waals surface area contributed by atoms with E-state index < -0.39 is 41.6 Å². The molecule has 430 valence electrons. The second-order valence-electron chi connectivity index (χ2n) is 21.6.